The van der Waals surface area contributed by atoms with Crippen LogP contribution >= 0.6 is 11.6 Å². The van der Waals surface area contributed by atoms with Gasteiger partial charge in [0.2, 0.25) is 0 Å². The first-order valence-electron chi connectivity index (χ1n) is 6.65. The molecule has 1 aliphatic heterocycles. The van der Waals surface area contributed by atoms with Gasteiger partial charge in [-0.15, -0.1) is 0 Å². The Labute approximate surface area is 123 Å². The van der Waals surface area contributed by atoms with Crippen LogP contribution in [0.15, 0.2) is 36.4 Å². The lowest BCUT2D eigenvalue weighted by Crippen LogP contribution is -2.05. The lowest BCUT2D eigenvalue weighted by Gasteiger charge is -2.06. The van der Waals surface area contributed by atoms with Gasteiger partial charge in [0, 0.05) is 17.5 Å². The molecule has 1 aliphatic rings. The molecule has 3 heteroatoms. The first-order chi connectivity index (χ1) is 9.54. The monoisotopic (exact) mass is 286 g/mol. The lowest BCUT2D eigenvalue weighted by atomic mass is 9.99. The third kappa shape index (κ3) is 2.32. The number of aryl methyl sites for hydroxylation is 1. The third-order valence-corrected chi connectivity index (χ3v) is 3.84. The Morgan fingerprint density at radius 1 is 1.25 bits per heavy atom. The van der Waals surface area contributed by atoms with Crippen LogP contribution in [0.3, 0.4) is 0 Å². The van der Waals surface area contributed by atoms with Gasteiger partial charge in [0.1, 0.15) is 11.9 Å². The van der Waals surface area contributed by atoms with Crippen molar-refractivity contribution in [3.63, 3.8) is 0 Å². The molecule has 1 unspecified atom stereocenters. The summed E-state index contributed by atoms with van der Waals surface area (Å²) in [6, 6.07) is 11.1. The van der Waals surface area contributed by atoms with E-state index in [0.29, 0.717) is 16.1 Å². The van der Waals surface area contributed by atoms with Crippen LogP contribution in [0.5, 0.6) is 5.75 Å². The van der Waals surface area contributed by atoms with Crippen LogP contribution in [-0.2, 0) is 6.42 Å². The quantitative estimate of drug-likeness (QED) is 0.773. The zero-order valence-corrected chi connectivity index (χ0v) is 12.2. The molecule has 0 bridgehead atoms. The molecule has 2 aromatic carbocycles. The van der Waals surface area contributed by atoms with E-state index in [4.69, 9.17) is 16.3 Å². The van der Waals surface area contributed by atoms with Crippen LogP contribution in [0.25, 0.3) is 0 Å². The summed E-state index contributed by atoms with van der Waals surface area (Å²) < 4.78 is 5.65. The van der Waals surface area contributed by atoms with E-state index in [-0.39, 0.29) is 11.9 Å². The second kappa shape index (κ2) is 4.95. The number of halogens is 1. The predicted octanol–water partition coefficient (Wildman–Crippen LogP) is 4.20. The van der Waals surface area contributed by atoms with Crippen molar-refractivity contribution in [2.24, 2.45) is 0 Å². The zero-order valence-electron chi connectivity index (χ0n) is 11.4. The molecule has 0 spiro atoms. The lowest BCUT2D eigenvalue weighted by molar-refractivity contribution is 0.103. The van der Waals surface area contributed by atoms with Gasteiger partial charge in [-0.25, -0.2) is 0 Å². The molecule has 0 N–H and O–H groups in total. The van der Waals surface area contributed by atoms with Gasteiger partial charge in [0.15, 0.2) is 5.78 Å². The first-order valence-corrected chi connectivity index (χ1v) is 7.03. The van der Waals surface area contributed by atoms with Crippen molar-refractivity contribution in [1.82, 2.24) is 0 Å². The van der Waals surface area contributed by atoms with Crippen LogP contribution < -0.4 is 4.74 Å². The van der Waals surface area contributed by atoms with Crippen LogP contribution in [0, 0.1) is 6.92 Å². The molecule has 0 saturated carbocycles. The van der Waals surface area contributed by atoms with Crippen LogP contribution in [-0.4, -0.2) is 11.9 Å². The highest BCUT2D eigenvalue weighted by Crippen LogP contribution is 2.30. The molecule has 0 fully saturated rings. The molecule has 0 saturated heterocycles. The number of ether oxygens (including phenoxy) is 1. The number of benzene rings is 2. The summed E-state index contributed by atoms with van der Waals surface area (Å²) in [5.41, 5.74) is 3.34. The molecule has 1 heterocycles. The molecule has 1 atom stereocenters. The van der Waals surface area contributed by atoms with Gasteiger partial charge in [-0.1, -0.05) is 17.7 Å². The molecular weight excluding hydrogens is 272 g/mol. The molecule has 0 aliphatic carbocycles. The van der Waals surface area contributed by atoms with Gasteiger partial charge < -0.3 is 4.74 Å². The fourth-order valence-corrected chi connectivity index (χ4v) is 2.84. The number of carbonyl (C=O) groups is 1. The van der Waals surface area contributed by atoms with Crippen molar-refractivity contribution < 1.29 is 9.53 Å². The number of carbonyl (C=O) groups excluding carboxylic acids is 1. The topological polar surface area (TPSA) is 26.3 Å². The fraction of sp³-hybridized carbons (Fsp3) is 0.235. The van der Waals surface area contributed by atoms with Crippen LogP contribution in [0.1, 0.15) is 34.0 Å². The van der Waals surface area contributed by atoms with Crippen LogP contribution in [0.4, 0.5) is 0 Å². The van der Waals surface area contributed by atoms with E-state index in [0.717, 1.165) is 23.3 Å². The summed E-state index contributed by atoms with van der Waals surface area (Å²) in [5.74, 6) is 0.835. The maximum Gasteiger partial charge on any atom is 0.194 e. The third-order valence-electron chi connectivity index (χ3n) is 3.53. The average molecular weight is 287 g/mol. The highest BCUT2D eigenvalue weighted by molar-refractivity contribution is 6.35. The van der Waals surface area contributed by atoms with Gasteiger partial charge in [0.05, 0.1) is 5.02 Å². The Kier molecular flexibility index (Phi) is 3.27. The van der Waals surface area contributed by atoms with Crippen molar-refractivity contribution in [2.45, 2.75) is 26.4 Å². The molecular formula is C17H15ClO2. The number of fused-ring (bicyclic) bond motifs is 1. The largest absolute Gasteiger partial charge is 0.490 e. The zero-order chi connectivity index (χ0) is 14.3. The number of rotatable bonds is 2. The Morgan fingerprint density at radius 2 is 2.05 bits per heavy atom. The highest BCUT2D eigenvalue weighted by atomic mass is 35.5. The van der Waals surface area contributed by atoms with E-state index in [1.165, 1.54) is 0 Å². The van der Waals surface area contributed by atoms with E-state index in [1.54, 1.807) is 12.1 Å². The SMILES string of the molecule is Cc1ccc(C(=O)c2ccc3c(c2)CC(C)O3)c(Cl)c1. The van der Waals surface area contributed by atoms with Gasteiger partial charge in [-0.05, 0) is 55.3 Å². The molecule has 0 aromatic heterocycles. The summed E-state index contributed by atoms with van der Waals surface area (Å²) >= 11 is 6.17. The average Bonchev–Trinajstić information content (AvgIpc) is 2.77. The van der Waals surface area contributed by atoms with Crippen LogP contribution in [0.2, 0.25) is 5.02 Å². The fourth-order valence-electron chi connectivity index (χ4n) is 2.52. The van der Waals surface area contributed by atoms with E-state index in [2.05, 4.69) is 0 Å². The predicted molar refractivity (Wildman–Crippen MR) is 79.9 cm³/mol. The van der Waals surface area contributed by atoms with E-state index >= 15 is 0 Å². The summed E-state index contributed by atoms with van der Waals surface area (Å²) in [6.07, 6.45) is 1.02. The minimum atomic E-state index is -0.0441. The van der Waals surface area contributed by atoms with Crippen molar-refractivity contribution in [2.75, 3.05) is 0 Å². The van der Waals surface area contributed by atoms with E-state index < -0.39 is 0 Å². The van der Waals surface area contributed by atoms with Gasteiger partial charge in [-0.3, -0.25) is 4.79 Å². The molecule has 20 heavy (non-hydrogen) atoms. The van der Waals surface area contributed by atoms with Gasteiger partial charge in [-0.2, -0.15) is 0 Å². The maximum absolute atomic E-state index is 12.5. The Balaban J connectivity index is 1.97. The number of hydrogen-bond donors (Lipinski definition) is 0. The first kappa shape index (κ1) is 13.2. The van der Waals surface area contributed by atoms with Gasteiger partial charge in [0.25, 0.3) is 0 Å². The smallest absolute Gasteiger partial charge is 0.194 e. The van der Waals surface area contributed by atoms with Crippen molar-refractivity contribution in [3.05, 3.63) is 63.7 Å². The molecule has 0 amide bonds. The molecule has 2 aromatic rings. The summed E-state index contributed by atoms with van der Waals surface area (Å²) in [6.45, 7) is 3.98. The molecule has 0 radical (unpaired) electrons. The summed E-state index contributed by atoms with van der Waals surface area (Å²) in [5, 5.41) is 0.500. The Bertz CT molecular complexity index is 691. The molecule has 2 nitrogen and oxygen atoms in total. The standard InChI is InChI=1S/C17H15ClO2/c1-10-3-5-14(15(18)7-10)17(19)12-4-6-16-13(9-12)8-11(2)20-16/h3-7,9,11H,8H2,1-2H3. The van der Waals surface area contributed by atoms with Crippen molar-refractivity contribution in [3.8, 4) is 5.75 Å². The normalized spacial score (nSPS) is 16.6. The second-order valence-corrected chi connectivity index (χ2v) is 5.67. The number of hydrogen-bond acceptors (Lipinski definition) is 2. The maximum atomic E-state index is 12.5. The Morgan fingerprint density at radius 3 is 2.80 bits per heavy atom. The summed E-state index contributed by atoms with van der Waals surface area (Å²) in [7, 11) is 0. The molecule has 3 rings (SSSR count). The van der Waals surface area contributed by atoms with Gasteiger partial charge >= 0.3 is 0 Å². The second-order valence-electron chi connectivity index (χ2n) is 5.27. The highest BCUT2D eigenvalue weighted by Gasteiger charge is 2.21. The van der Waals surface area contributed by atoms with E-state index in [1.807, 2.05) is 38.1 Å². The summed E-state index contributed by atoms with van der Waals surface area (Å²) in [4.78, 5) is 12.5. The minimum Gasteiger partial charge on any atom is -0.490 e. The molecule has 102 valence electrons. The van der Waals surface area contributed by atoms with E-state index in [9.17, 15) is 4.79 Å². The van der Waals surface area contributed by atoms with Crippen molar-refractivity contribution >= 4 is 17.4 Å². The minimum absolute atomic E-state index is 0.0441. The van der Waals surface area contributed by atoms with Crippen molar-refractivity contribution in [1.29, 1.82) is 0 Å². The Hall–Kier alpha value is -1.80. The number of ketones is 1.